The van der Waals surface area contributed by atoms with E-state index in [-0.39, 0.29) is 11.3 Å². The minimum Gasteiger partial charge on any atom is -0.368 e. The molecule has 1 atom stereocenters. The van der Waals surface area contributed by atoms with Gasteiger partial charge in [-0.1, -0.05) is 23.6 Å². The van der Waals surface area contributed by atoms with Gasteiger partial charge in [0.1, 0.15) is 5.37 Å². The first kappa shape index (κ1) is 15.5. The predicted octanol–water partition coefficient (Wildman–Crippen LogP) is 2.43. The van der Waals surface area contributed by atoms with E-state index in [9.17, 15) is 4.79 Å². The molecule has 1 fully saturated rings. The number of rotatable bonds is 1. The van der Waals surface area contributed by atoms with Gasteiger partial charge in [0.05, 0.1) is 16.5 Å². The molecule has 1 aromatic rings. The lowest BCUT2D eigenvalue weighted by Crippen LogP contribution is -2.35. The van der Waals surface area contributed by atoms with Crippen molar-refractivity contribution in [2.45, 2.75) is 24.6 Å². The van der Waals surface area contributed by atoms with Crippen molar-refractivity contribution in [1.82, 2.24) is 10.2 Å². The lowest BCUT2D eigenvalue weighted by atomic mass is 10.1. The van der Waals surface area contributed by atoms with Crippen LogP contribution in [0.15, 0.2) is 35.4 Å². The molecule has 0 aliphatic carbocycles. The van der Waals surface area contributed by atoms with E-state index in [1.807, 2.05) is 17.0 Å². The molecule has 1 unspecified atom stereocenters. The smallest absolute Gasteiger partial charge is 0.261 e. The average Bonchev–Trinajstić information content (AvgIpc) is 3.09. The van der Waals surface area contributed by atoms with Crippen molar-refractivity contribution in [3.05, 3.63) is 46.5 Å². The SMILES string of the molecule is N#Cc1ccc(C#CC2NC=C(C(=O)N3CCCCC3)S2)cc1. The van der Waals surface area contributed by atoms with Gasteiger partial charge < -0.3 is 10.2 Å². The normalized spacial score (nSPS) is 19.9. The number of carbonyl (C=O) groups excluding carboxylic acids is 1. The van der Waals surface area contributed by atoms with Gasteiger partial charge >= 0.3 is 0 Å². The second kappa shape index (κ2) is 7.26. The maximum atomic E-state index is 12.4. The molecule has 23 heavy (non-hydrogen) atoms. The summed E-state index contributed by atoms with van der Waals surface area (Å²) in [6.07, 6.45) is 5.19. The van der Waals surface area contributed by atoms with Crippen LogP contribution in [0.2, 0.25) is 0 Å². The van der Waals surface area contributed by atoms with Gasteiger partial charge in [0.2, 0.25) is 0 Å². The molecule has 2 aliphatic heterocycles. The molecular weight excluding hydrogens is 306 g/mol. The van der Waals surface area contributed by atoms with E-state index >= 15 is 0 Å². The Morgan fingerprint density at radius 1 is 1.17 bits per heavy atom. The molecule has 116 valence electrons. The summed E-state index contributed by atoms with van der Waals surface area (Å²) in [4.78, 5) is 15.1. The summed E-state index contributed by atoms with van der Waals surface area (Å²) in [5, 5.41) is 11.8. The molecule has 0 aromatic heterocycles. The number of thioether (sulfide) groups is 1. The first-order valence-electron chi connectivity index (χ1n) is 7.70. The average molecular weight is 323 g/mol. The van der Waals surface area contributed by atoms with Gasteiger partial charge in [-0.15, -0.1) is 0 Å². The molecule has 4 nitrogen and oxygen atoms in total. The molecule has 5 heteroatoms. The molecule has 1 amide bonds. The number of likely N-dealkylation sites (tertiary alicyclic amines) is 1. The van der Waals surface area contributed by atoms with Crippen molar-refractivity contribution in [2.75, 3.05) is 13.1 Å². The van der Waals surface area contributed by atoms with Crippen LogP contribution in [0, 0.1) is 23.2 Å². The number of hydrogen-bond acceptors (Lipinski definition) is 4. The molecule has 3 rings (SSSR count). The highest BCUT2D eigenvalue weighted by Gasteiger charge is 2.26. The van der Waals surface area contributed by atoms with Crippen LogP contribution in [0.3, 0.4) is 0 Å². The highest BCUT2D eigenvalue weighted by Crippen LogP contribution is 2.28. The Morgan fingerprint density at radius 2 is 1.87 bits per heavy atom. The standard InChI is InChI=1S/C18H17N3OS/c19-12-15-6-4-14(5-7-15)8-9-17-20-13-16(23-17)18(22)21-10-2-1-3-11-21/h4-7,13,17,20H,1-3,10-11H2. The fourth-order valence-electron chi connectivity index (χ4n) is 2.56. The van der Waals surface area contributed by atoms with Crippen LogP contribution in [-0.4, -0.2) is 29.3 Å². The van der Waals surface area contributed by atoms with Crippen LogP contribution in [0.25, 0.3) is 0 Å². The number of nitriles is 1. The Morgan fingerprint density at radius 3 is 2.57 bits per heavy atom. The van der Waals surface area contributed by atoms with E-state index in [1.165, 1.54) is 18.2 Å². The van der Waals surface area contributed by atoms with E-state index in [2.05, 4.69) is 23.2 Å². The van der Waals surface area contributed by atoms with Gasteiger partial charge in [-0.2, -0.15) is 5.26 Å². The first-order valence-corrected chi connectivity index (χ1v) is 8.58. The monoisotopic (exact) mass is 323 g/mol. The number of piperidine rings is 1. The Labute approximate surface area is 140 Å². The van der Waals surface area contributed by atoms with Crippen LogP contribution in [-0.2, 0) is 4.79 Å². The van der Waals surface area contributed by atoms with Gasteiger partial charge in [-0.25, -0.2) is 0 Å². The fourth-order valence-corrected chi connectivity index (χ4v) is 3.43. The molecule has 1 N–H and O–H groups in total. The zero-order valence-corrected chi connectivity index (χ0v) is 13.5. The van der Waals surface area contributed by atoms with Crippen molar-refractivity contribution in [2.24, 2.45) is 0 Å². The van der Waals surface area contributed by atoms with Gasteiger partial charge in [0.15, 0.2) is 0 Å². The molecule has 0 spiro atoms. The van der Waals surface area contributed by atoms with E-state index in [4.69, 9.17) is 5.26 Å². The molecule has 0 saturated carbocycles. The minimum atomic E-state index is -0.102. The molecular formula is C18H17N3OS. The maximum absolute atomic E-state index is 12.4. The largest absolute Gasteiger partial charge is 0.368 e. The van der Waals surface area contributed by atoms with Crippen LogP contribution in [0.1, 0.15) is 30.4 Å². The minimum absolute atomic E-state index is 0.102. The van der Waals surface area contributed by atoms with Gasteiger partial charge in [0, 0.05) is 24.9 Å². The Bertz CT molecular complexity index is 715. The van der Waals surface area contributed by atoms with E-state index in [0.29, 0.717) is 5.56 Å². The van der Waals surface area contributed by atoms with Crippen molar-refractivity contribution < 1.29 is 4.79 Å². The number of carbonyl (C=O) groups is 1. The summed E-state index contributed by atoms with van der Waals surface area (Å²) in [6, 6.07) is 9.25. The van der Waals surface area contributed by atoms with Crippen molar-refractivity contribution in [1.29, 1.82) is 5.26 Å². The zero-order chi connectivity index (χ0) is 16.1. The second-order valence-electron chi connectivity index (χ2n) is 5.48. The third-order valence-corrected chi connectivity index (χ3v) is 4.86. The molecule has 1 saturated heterocycles. The second-order valence-corrected chi connectivity index (χ2v) is 6.63. The van der Waals surface area contributed by atoms with Crippen LogP contribution < -0.4 is 5.32 Å². The van der Waals surface area contributed by atoms with Crippen LogP contribution >= 0.6 is 11.8 Å². The van der Waals surface area contributed by atoms with Crippen molar-refractivity contribution in [3.63, 3.8) is 0 Å². The van der Waals surface area contributed by atoms with Crippen molar-refractivity contribution >= 4 is 17.7 Å². The first-order chi connectivity index (χ1) is 11.3. The number of nitrogens with zero attached hydrogens (tertiary/aromatic N) is 2. The van der Waals surface area contributed by atoms with Gasteiger partial charge in [-0.05, 0) is 43.5 Å². The summed E-state index contributed by atoms with van der Waals surface area (Å²) in [5.74, 6) is 6.31. The zero-order valence-electron chi connectivity index (χ0n) is 12.7. The lowest BCUT2D eigenvalue weighted by Gasteiger charge is -2.26. The summed E-state index contributed by atoms with van der Waals surface area (Å²) in [5.41, 5.74) is 1.49. The highest BCUT2D eigenvalue weighted by atomic mass is 32.2. The molecule has 1 aromatic carbocycles. The Kier molecular flexibility index (Phi) is 4.90. The van der Waals surface area contributed by atoms with E-state index in [1.54, 1.807) is 18.3 Å². The number of nitrogens with one attached hydrogen (secondary N) is 1. The lowest BCUT2D eigenvalue weighted by molar-refractivity contribution is -0.127. The van der Waals surface area contributed by atoms with E-state index < -0.39 is 0 Å². The fraction of sp³-hybridized carbons (Fsp3) is 0.333. The number of benzene rings is 1. The molecule has 2 aliphatic rings. The molecule has 0 bridgehead atoms. The van der Waals surface area contributed by atoms with Gasteiger partial charge in [-0.3, -0.25) is 4.79 Å². The topological polar surface area (TPSA) is 56.1 Å². The summed E-state index contributed by atoms with van der Waals surface area (Å²) < 4.78 is 0. The third-order valence-electron chi connectivity index (χ3n) is 3.83. The Hall–Kier alpha value is -2.37. The molecule has 0 radical (unpaired) electrons. The van der Waals surface area contributed by atoms with Crippen LogP contribution in [0.4, 0.5) is 0 Å². The number of amides is 1. The summed E-state index contributed by atoms with van der Waals surface area (Å²) in [7, 11) is 0. The predicted molar refractivity (Wildman–Crippen MR) is 91.1 cm³/mol. The summed E-state index contributed by atoms with van der Waals surface area (Å²) in [6.45, 7) is 1.72. The third kappa shape index (κ3) is 3.88. The van der Waals surface area contributed by atoms with Crippen molar-refractivity contribution in [3.8, 4) is 17.9 Å². The van der Waals surface area contributed by atoms with E-state index in [0.717, 1.165) is 36.4 Å². The molecule has 2 heterocycles. The number of hydrogen-bond donors (Lipinski definition) is 1. The highest BCUT2D eigenvalue weighted by molar-refractivity contribution is 8.05. The summed E-state index contributed by atoms with van der Waals surface area (Å²) >= 11 is 1.47. The Balaban J connectivity index is 1.57. The maximum Gasteiger partial charge on any atom is 0.261 e. The van der Waals surface area contributed by atoms with Gasteiger partial charge in [0.25, 0.3) is 5.91 Å². The van der Waals surface area contributed by atoms with Crippen LogP contribution in [0.5, 0.6) is 0 Å². The quantitative estimate of drug-likeness (QED) is 0.807.